The van der Waals surface area contributed by atoms with E-state index in [1.807, 2.05) is 0 Å². The minimum atomic E-state index is -1.04. The lowest BCUT2D eigenvalue weighted by molar-refractivity contribution is -0.139. The van der Waals surface area contributed by atoms with E-state index >= 15 is 0 Å². The second-order valence-electron chi connectivity index (χ2n) is 4.30. The minimum Gasteiger partial charge on any atom is -0.482 e. The molecule has 0 aliphatic rings. The topological polar surface area (TPSA) is 101 Å². The molecule has 0 aliphatic carbocycles. The van der Waals surface area contributed by atoms with E-state index in [0.29, 0.717) is 22.0 Å². The number of carboxylic acids is 1. The number of carbonyl (C=O) groups excluding carboxylic acids is 1. The maximum Gasteiger partial charge on any atom is 0.341 e. The number of aliphatic carboxylic acids is 1. The average Bonchev–Trinajstić information content (AvgIpc) is 2.85. The Morgan fingerprint density at radius 1 is 1.38 bits per heavy atom. The molecule has 7 nitrogen and oxygen atoms in total. The summed E-state index contributed by atoms with van der Waals surface area (Å²) in [5.74, 6) is -0.883. The summed E-state index contributed by atoms with van der Waals surface area (Å²) in [4.78, 5) is 23.0. The molecule has 0 atom stereocenters. The molecule has 1 aromatic heterocycles. The van der Waals surface area contributed by atoms with Crippen LogP contribution < -0.4 is 10.1 Å². The highest BCUT2D eigenvalue weighted by Crippen LogP contribution is 2.22. The van der Waals surface area contributed by atoms with Crippen LogP contribution in [-0.2, 0) is 4.79 Å². The third-order valence-electron chi connectivity index (χ3n) is 2.67. The Morgan fingerprint density at radius 2 is 2.14 bits per heavy atom. The van der Waals surface area contributed by atoms with Crippen molar-refractivity contribution in [2.24, 2.45) is 0 Å². The Morgan fingerprint density at radius 3 is 2.71 bits per heavy atom. The van der Waals surface area contributed by atoms with Crippen LogP contribution in [0.25, 0.3) is 0 Å². The van der Waals surface area contributed by atoms with Crippen molar-refractivity contribution in [3.05, 3.63) is 34.3 Å². The molecule has 0 bridgehead atoms. The number of benzene rings is 1. The first-order valence-corrected chi connectivity index (χ1v) is 6.80. The highest BCUT2D eigenvalue weighted by Gasteiger charge is 2.14. The fourth-order valence-corrected chi connectivity index (χ4v) is 2.18. The average molecular weight is 307 g/mol. The van der Waals surface area contributed by atoms with Gasteiger partial charge >= 0.3 is 5.97 Å². The summed E-state index contributed by atoms with van der Waals surface area (Å²) in [6.07, 6.45) is 0. The SMILES string of the molecule is Cc1cc(OCC(=O)O)ccc1NC(=O)c1snnc1C. The maximum absolute atomic E-state index is 12.1. The van der Waals surface area contributed by atoms with Gasteiger partial charge in [0.15, 0.2) is 6.61 Å². The van der Waals surface area contributed by atoms with E-state index in [1.165, 1.54) is 0 Å². The minimum absolute atomic E-state index is 0.273. The Labute approximate surface area is 124 Å². The van der Waals surface area contributed by atoms with E-state index in [4.69, 9.17) is 9.84 Å². The van der Waals surface area contributed by atoms with Crippen molar-refractivity contribution < 1.29 is 19.4 Å². The van der Waals surface area contributed by atoms with Crippen molar-refractivity contribution in [2.45, 2.75) is 13.8 Å². The number of aromatic nitrogens is 2. The number of carbonyl (C=O) groups is 2. The van der Waals surface area contributed by atoms with Crippen LogP contribution in [0.3, 0.4) is 0 Å². The van der Waals surface area contributed by atoms with Crippen molar-refractivity contribution in [3.63, 3.8) is 0 Å². The predicted molar refractivity (Wildman–Crippen MR) is 76.9 cm³/mol. The van der Waals surface area contributed by atoms with Gasteiger partial charge in [-0.3, -0.25) is 4.79 Å². The summed E-state index contributed by atoms with van der Waals surface area (Å²) in [5, 5.41) is 15.1. The number of aryl methyl sites for hydroxylation is 2. The number of nitrogens with one attached hydrogen (secondary N) is 1. The van der Waals surface area contributed by atoms with Crippen molar-refractivity contribution in [2.75, 3.05) is 11.9 Å². The lowest BCUT2D eigenvalue weighted by Gasteiger charge is -2.10. The van der Waals surface area contributed by atoms with Crippen molar-refractivity contribution in [3.8, 4) is 5.75 Å². The molecule has 0 saturated heterocycles. The third-order valence-corrected chi connectivity index (χ3v) is 3.49. The van der Waals surface area contributed by atoms with Crippen LogP contribution >= 0.6 is 11.5 Å². The normalized spacial score (nSPS) is 10.2. The molecular weight excluding hydrogens is 294 g/mol. The monoisotopic (exact) mass is 307 g/mol. The van der Waals surface area contributed by atoms with Crippen LogP contribution in [0, 0.1) is 13.8 Å². The van der Waals surface area contributed by atoms with Crippen molar-refractivity contribution in [1.29, 1.82) is 0 Å². The number of anilines is 1. The molecule has 0 radical (unpaired) electrons. The summed E-state index contributed by atoms with van der Waals surface area (Å²) in [5.41, 5.74) is 1.97. The van der Waals surface area contributed by atoms with Crippen LogP contribution in [0.15, 0.2) is 18.2 Å². The molecule has 0 unspecified atom stereocenters. The summed E-state index contributed by atoms with van der Waals surface area (Å²) in [6.45, 7) is 3.10. The van der Waals surface area contributed by atoms with Gasteiger partial charge in [0.05, 0.1) is 5.69 Å². The van der Waals surface area contributed by atoms with E-state index in [9.17, 15) is 9.59 Å². The molecule has 0 fully saturated rings. The molecule has 1 aromatic carbocycles. The Balaban J connectivity index is 2.09. The number of nitrogens with zero attached hydrogens (tertiary/aromatic N) is 2. The molecule has 2 aromatic rings. The zero-order valence-electron chi connectivity index (χ0n) is 11.4. The summed E-state index contributed by atoms with van der Waals surface area (Å²) in [6, 6.07) is 4.92. The van der Waals surface area contributed by atoms with Crippen LogP contribution in [0.5, 0.6) is 5.75 Å². The number of rotatable bonds is 5. The fraction of sp³-hybridized carbons (Fsp3) is 0.231. The highest BCUT2D eigenvalue weighted by atomic mass is 32.1. The van der Waals surface area contributed by atoms with Gasteiger partial charge in [0.25, 0.3) is 5.91 Å². The smallest absolute Gasteiger partial charge is 0.341 e. The van der Waals surface area contributed by atoms with Gasteiger partial charge in [-0.1, -0.05) is 4.49 Å². The number of hydrogen-bond acceptors (Lipinski definition) is 6. The molecule has 21 heavy (non-hydrogen) atoms. The van der Waals surface area contributed by atoms with Gasteiger partial charge in [-0.2, -0.15) is 0 Å². The second kappa shape index (κ2) is 6.31. The molecule has 0 spiro atoms. The van der Waals surface area contributed by atoms with E-state index in [-0.39, 0.29) is 5.91 Å². The van der Waals surface area contributed by atoms with Crippen LogP contribution in [0.4, 0.5) is 5.69 Å². The molecule has 0 saturated carbocycles. The van der Waals surface area contributed by atoms with Crippen LogP contribution in [0.2, 0.25) is 0 Å². The third kappa shape index (κ3) is 3.76. The van der Waals surface area contributed by atoms with E-state index in [0.717, 1.165) is 17.1 Å². The van der Waals surface area contributed by atoms with Gasteiger partial charge in [0, 0.05) is 5.69 Å². The van der Waals surface area contributed by atoms with E-state index < -0.39 is 12.6 Å². The predicted octanol–water partition coefficient (Wildman–Crippen LogP) is 1.87. The number of amides is 1. The first-order chi connectivity index (χ1) is 9.97. The molecule has 1 heterocycles. The quantitative estimate of drug-likeness (QED) is 0.874. The van der Waals surface area contributed by atoms with E-state index in [1.54, 1.807) is 32.0 Å². The van der Waals surface area contributed by atoms with Crippen molar-refractivity contribution in [1.82, 2.24) is 9.59 Å². The Kier molecular flexibility index (Phi) is 4.49. The first-order valence-electron chi connectivity index (χ1n) is 6.03. The Hall–Kier alpha value is -2.48. The van der Waals surface area contributed by atoms with Gasteiger partial charge in [-0.15, -0.1) is 5.10 Å². The molecule has 110 valence electrons. The van der Waals surface area contributed by atoms with E-state index in [2.05, 4.69) is 14.9 Å². The lowest BCUT2D eigenvalue weighted by Crippen LogP contribution is -2.13. The van der Waals surface area contributed by atoms with Crippen molar-refractivity contribution >= 4 is 29.1 Å². The highest BCUT2D eigenvalue weighted by molar-refractivity contribution is 7.08. The molecule has 8 heteroatoms. The molecular formula is C13H13N3O4S. The van der Waals surface area contributed by atoms with Gasteiger partial charge in [0.1, 0.15) is 10.6 Å². The fourth-order valence-electron chi connectivity index (χ4n) is 1.63. The molecule has 2 N–H and O–H groups in total. The van der Waals surface area contributed by atoms with Gasteiger partial charge in [0.2, 0.25) is 0 Å². The summed E-state index contributed by atoms with van der Waals surface area (Å²) >= 11 is 1.03. The standard InChI is InChI=1S/C13H13N3O4S/c1-7-5-9(20-6-11(17)18)3-4-10(7)14-13(19)12-8(2)15-16-21-12/h3-5H,6H2,1-2H3,(H,14,19)(H,17,18). The molecule has 2 rings (SSSR count). The summed E-state index contributed by atoms with van der Waals surface area (Å²) in [7, 11) is 0. The number of ether oxygens (including phenoxy) is 1. The largest absolute Gasteiger partial charge is 0.482 e. The second-order valence-corrected chi connectivity index (χ2v) is 5.05. The van der Waals surface area contributed by atoms with Crippen LogP contribution in [-0.4, -0.2) is 33.2 Å². The molecule has 1 amide bonds. The lowest BCUT2D eigenvalue weighted by atomic mass is 10.2. The Bertz CT molecular complexity index is 684. The first kappa shape index (κ1) is 14.9. The van der Waals surface area contributed by atoms with Crippen LogP contribution in [0.1, 0.15) is 20.9 Å². The van der Waals surface area contributed by atoms with Gasteiger partial charge < -0.3 is 15.2 Å². The van der Waals surface area contributed by atoms with Gasteiger partial charge in [-0.25, -0.2) is 4.79 Å². The zero-order valence-corrected chi connectivity index (χ0v) is 12.2. The molecule has 0 aliphatic heterocycles. The maximum atomic E-state index is 12.1. The summed E-state index contributed by atoms with van der Waals surface area (Å²) < 4.78 is 8.79. The number of carboxylic acid groups (broad SMARTS) is 1. The number of hydrogen-bond donors (Lipinski definition) is 2. The van der Waals surface area contributed by atoms with Gasteiger partial charge in [-0.05, 0) is 49.1 Å². The zero-order chi connectivity index (χ0) is 15.4.